The minimum atomic E-state index is 1.11. The summed E-state index contributed by atoms with van der Waals surface area (Å²) in [6, 6.07) is 6.52. The highest BCUT2D eigenvalue weighted by molar-refractivity contribution is 9.10. The molecule has 0 bridgehead atoms. The van der Waals surface area contributed by atoms with Crippen LogP contribution in [0.2, 0.25) is 0 Å². The lowest BCUT2D eigenvalue weighted by Crippen LogP contribution is -2.03. The van der Waals surface area contributed by atoms with Gasteiger partial charge in [0.15, 0.2) is 0 Å². The average molecular weight is 287 g/mol. The van der Waals surface area contributed by atoms with Crippen LogP contribution in [0.1, 0.15) is 17.7 Å². The van der Waals surface area contributed by atoms with Crippen molar-refractivity contribution in [1.82, 2.24) is 9.38 Å². The molecule has 0 unspecified atom stereocenters. The lowest BCUT2D eigenvalue weighted by Gasteiger charge is -2.11. The molecule has 0 aliphatic heterocycles. The highest BCUT2D eigenvalue weighted by Crippen LogP contribution is 2.34. The van der Waals surface area contributed by atoms with E-state index in [1.807, 2.05) is 6.20 Å². The molecule has 3 heteroatoms. The maximum absolute atomic E-state index is 4.52. The number of aromatic nitrogens is 2. The number of aryl methyl sites for hydroxylation is 2. The van der Waals surface area contributed by atoms with E-state index in [1.54, 1.807) is 0 Å². The Balaban J connectivity index is 2.31. The van der Waals surface area contributed by atoms with Crippen molar-refractivity contribution < 1.29 is 0 Å². The predicted octanol–water partition coefficient (Wildman–Crippen LogP) is 3.74. The van der Waals surface area contributed by atoms with Gasteiger partial charge in [-0.1, -0.05) is 15.9 Å². The molecule has 84 valence electrons. The molecular weight excluding hydrogens is 276 g/mol. The molecule has 0 radical (unpaired) electrons. The molecule has 0 amide bonds. The monoisotopic (exact) mass is 286 g/mol. The van der Waals surface area contributed by atoms with Crippen molar-refractivity contribution in [2.24, 2.45) is 0 Å². The molecule has 0 N–H and O–H groups in total. The zero-order chi connectivity index (χ0) is 11.4. The van der Waals surface area contributed by atoms with Gasteiger partial charge >= 0.3 is 0 Å². The summed E-state index contributed by atoms with van der Waals surface area (Å²) in [4.78, 5) is 4.52. The van der Waals surface area contributed by atoms with E-state index in [0.29, 0.717) is 0 Å². The normalized spacial score (nSPS) is 14.6. The van der Waals surface area contributed by atoms with Gasteiger partial charge in [0, 0.05) is 22.3 Å². The molecule has 3 aromatic rings. The lowest BCUT2D eigenvalue weighted by atomic mass is 9.98. The summed E-state index contributed by atoms with van der Waals surface area (Å²) in [7, 11) is 0. The Labute approximate surface area is 107 Å². The van der Waals surface area contributed by atoms with E-state index in [4.69, 9.17) is 0 Å². The third-order valence-electron chi connectivity index (χ3n) is 3.63. The summed E-state index contributed by atoms with van der Waals surface area (Å²) >= 11 is 3.56. The SMILES string of the molecule is Brc1ccc2c(c1)c1c3c(nccn32)CCC1. The third kappa shape index (κ3) is 1.23. The minimum Gasteiger partial charge on any atom is -0.313 e. The van der Waals surface area contributed by atoms with Crippen molar-refractivity contribution in [3.63, 3.8) is 0 Å². The van der Waals surface area contributed by atoms with E-state index in [2.05, 4.69) is 49.7 Å². The van der Waals surface area contributed by atoms with E-state index < -0.39 is 0 Å². The van der Waals surface area contributed by atoms with Gasteiger partial charge in [0.2, 0.25) is 0 Å². The molecule has 1 aliphatic carbocycles. The van der Waals surface area contributed by atoms with Crippen LogP contribution < -0.4 is 0 Å². The second-order valence-electron chi connectivity index (χ2n) is 4.59. The average Bonchev–Trinajstić information content (AvgIpc) is 2.67. The van der Waals surface area contributed by atoms with Gasteiger partial charge in [0.25, 0.3) is 0 Å². The Hall–Kier alpha value is -1.35. The molecule has 0 saturated carbocycles. The van der Waals surface area contributed by atoms with Crippen molar-refractivity contribution in [2.75, 3.05) is 0 Å². The van der Waals surface area contributed by atoms with Crippen LogP contribution in [-0.2, 0) is 12.8 Å². The first-order valence-corrected chi connectivity index (χ1v) is 6.70. The minimum absolute atomic E-state index is 1.11. The standard InChI is InChI=1S/C14H11BrN2/c15-9-4-5-13-11(8-9)10-2-1-3-12-14(10)17(13)7-6-16-12/h4-8H,1-3H2. The molecule has 17 heavy (non-hydrogen) atoms. The van der Waals surface area contributed by atoms with Crippen LogP contribution in [-0.4, -0.2) is 9.38 Å². The van der Waals surface area contributed by atoms with Crippen LogP contribution in [0.3, 0.4) is 0 Å². The summed E-state index contributed by atoms with van der Waals surface area (Å²) < 4.78 is 3.44. The molecule has 4 rings (SSSR count). The third-order valence-corrected chi connectivity index (χ3v) is 4.12. The van der Waals surface area contributed by atoms with Crippen LogP contribution in [0.15, 0.2) is 35.1 Å². The summed E-state index contributed by atoms with van der Waals surface area (Å²) in [5.74, 6) is 0. The van der Waals surface area contributed by atoms with Crippen molar-refractivity contribution in [3.05, 3.63) is 46.3 Å². The smallest absolute Gasteiger partial charge is 0.0710 e. The Bertz CT molecular complexity index is 743. The molecule has 2 aromatic heterocycles. The van der Waals surface area contributed by atoms with Crippen LogP contribution in [0, 0.1) is 0 Å². The number of hydrogen-bond acceptors (Lipinski definition) is 1. The Kier molecular flexibility index (Phi) is 1.89. The van der Waals surface area contributed by atoms with E-state index in [-0.39, 0.29) is 0 Å². The Morgan fingerprint density at radius 2 is 2.18 bits per heavy atom. The lowest BCUT2D eigenvalue weighted by molar-refractivity contribution is 0.780. The maximum Gasteiger partial charge on any atom is 0.0710 e. The fourth-order valence-electron chi connectivity index (χ4n) is 2.94. The van der Waals surface area contributed by atoms with Crippen molar-refractivity contribution in [1.29, 1.82) is 0 Å². The van der Waals surface area contributed by atoms with Crippen LogP contribution >= 0.6 is 15.9 Å². The van der Waals surface area contributed by atoms with Crippen LogP contribution in [0.25, 0.3) is 16.4 Å². The van der Waals surface area contributed by atoms with Crippen molar-refractivity contribution in [2.45, 2.75) is 19.3 Å². The largest absolute Gasteiger partial charge is 0.313 e. The maximum atomic E-state index is 4.52. The molecule has 1 aromatic carbocycles. The van der Waals surface area contributed by atoms with Gasteiger partial charge in [-0.3, -0.25) is 4.98 Å². The van der Waals surface area contributed by atoms with E-state index >= 15 is 0 Å². The second kappa shape index (κ2) is 3.33. The first-order valence-electron chi connectivity index (χ1n) is 5.90. The molecule has 0 fully saturated rings. The van der Waals surface area contributed by atoms with E-state index in [9.17, 15) is 0 Å². The highest BCUT2D eigenvalue weighted by atomic mass is 79.9. The zero-order valence-corrected chi connectivity index (χ0v) is 10.9. The van der Waals surface area contributed by atoms with Crippen molar-refractivity contribution in [3.8, 4) is 0 Å². The van der Waals surface area contributed by atoms with Crippen LogP contribution in [0.5, 0.6) is 0 Å². The topological polar surface area (TPSA) is 17.3 Å². The van der Waals surface area contributed by atoms with Gasteiger partial charge in [0.05, 0.1) is 16.7 Å². The quantitative estimate of drug-likeness (QED) is 0.615. The molecule has 0 atom stereocenters. The molecule has 0 spiro atoms. The number of hydrogen-bond donors (Lipinski definition) is 0. The molecule has 2 heterocycles. The van der Waals surface area contributed by atoms with Gasteiger partial charge in [-0.25, -0.2) is 0 Å². The van der Waals surface area contributed by atoms with Crippen LogP contribution in [0.4, 0.5) is 0 Å². The van der Waals surface area contributed by atoms with Gasteiger partial charge in [-0.05, 0) is 43.0 Å². The molecule has 0 saturated heterocycles. The summed E-state index contributed by atoms with van der Waals surface area (Å²) in [5, 5.41) is 1.37. The fraction of sp³-hybridized carbons (Fsp3) is 0.214. The Morgan fingerprint density at radius 1 is 1.24 bits per heavy atom. The van der Waals surface area contributed by atoms with Crippen molar-refractivity contribution >= 4 is 32.3 Å². The first-order chi connectivity index (χ1) is 8.34. The second-order valence-corrected chi connectivity index (χ2v) is 5.50. The summed E-state index contributed by atoms with van der Waals surface area (Å²) in [6.45, 7) is 0. The Morgan fingerprint density at radius 3 is 3.12 bits per heavy atom. The first kappa shape index (κ1) is 9.66. The number of benzene rings is 1. The fourth-order valence-corrected chi connectivity index (χ4v) is 3.30. The number of rotatable bonds is 0. The summed E-state index contributed by atoms with van der Waals surface area (Å²) in [6.07, 6.45) is 7.48. The zero-order valence-electron chi connectivity index (χ0n) is 9.28. The number of halogens is 1. The predicted molar refractivity (Wildman–Crippen MR) is 72.4 cm³/mol. The van der Waals surface area contributed by atoms with Gasteiger partial charge in [0.1, 0.15) is 0 Å². The molecule has 2 nitrogen and oxygen atoms in total. The number of nitrogens with zero attached hydrogens (tertiary/aromatic N) is 2. The van der Waals surface area contributed by atoms with Gasteiger partial charge < -0.3 is 4.40 Å². The molecular formula is C14H11BrN2. The highest BCUT2D eigenvalue weighted by Gasteiger charge is 2.19. The van der Waals surface area contributed by atoms with E-state index in [0.717, 1.165) is 10.9 Å². The summed E-state index contributed by atoms with van der Waals surface area (Å²) in [5.41, 5.74) is 5.35. The van der Waals surface area contributed by atoms with E-state index in [1.165, 1.54) is 40.5 Å². The van der Waals surface area contributed by atoms with Gasteiger partial charge in [-0.15, -0.1) is 0 Å². The molecule has 1 aliphatic rings. The van der Waals surface area contributed by atoms with Gasteiger partial charge in [-0.2, -0.15) is 0 Å². The number of fused-ring (bicyclic) bond motifs is 3.